The van der Waals surface area contributed by atoms with Crippen LogP contribution in [0.1, 0.15) is 33.3 Å². The van der Waals surface area contributed by atoms with Crippen molar-refractivity contribution in [3.8, 4) is 11.5 Å². The summed E-state index contributed by atoms with van der Waals surface area (Å²) in [4.78, 5) is 15.0. The van der Waals surface area contributed by atoms with Crippen molar-refractivity contribution in [1.82, 2.24) is 0 Å². The topological polar surface area (TPSA) is 84.9 Å². The van der Waals surface area contributed by atoms with Gasteiger partial charge in [-0.15, -0.1) is 0 Å². The molecule has 1 aliphatic heterocycles. The quantitative estimate of drug-likeness (QED) is 0.718. The maximum atomic E-state index is 13.2. The van der Waals surface area contributed by atoms with Crippen LogP contribution in [0.15, 0.2) is 41.3 Å². The minimum atomic E-state index is -3.82. The van der Waals surface area contributed by atoms with Gasteiger partial charge >= 0.3 is 0 Å². The third-order valence-corrected chi connectivity index (χ3v) is 6.52. The van der Waals surface area contributed by atoms with Crippen LogP contribution in [0.4, 0.5) is 11.4 Å². The number of hydrogen-bond acceptors (Lipinski definition) is 5. The van der Waals surface area contributed by atoms with E-state index < -0.39 is 15.4 Å². The highest BCUT2D eigenvalue weighted by molar-refractivity contribution is 7.92. The maximum absolute atomic E-state index is 13.2. The van der Waals surface area contributed by atoms with E-state index in [0.717, 1.165) is 5.56 Å². The molecule has 7 nitrogen and oxygen atoms in total. The Labute approximate surface area is 184 Å². The fourth-order valence-electron chi connectivity index (χ4n) is 3.49. The summed E-state index contributed by atoms with van der Waals surface area (Å²) in [5.74, 6) is 1.36. The van der Waals surface area contributed by atoms with Gasteiger partial charge in [0.1, 0.15) is 18.1 Å². The molecule has 0 atom stereocenters. The molecular formula is C23H30N2O5S. The monoisotopic (exact) mass is 446 g/mol. The van der Waals surface area contributed by atoms with E-state index in [-0.39, 0.29) is 23.3 Å². The number of hydrogen-bond donors (Lipinski definition) is 1. The molecule has 31 heavy (non-hydrogen) atoms. The van der Waals surface area contributed by atoms with E-state index in [9.17, 15) is 13.2 Å². The Morgan fingerprint density at radius 3 is 2.52 bits per heavy atom. The Morgan fingerprint density at radius 2 is 1.90 bits per heavy atom. The summed E-state index contributed by atoms with van der Waals surface area (Å²) in [7, 11) is -2.28. The van der Waals surface area contributed by atoms with E-state index in [2.05, 4.69) is 4.72 Å². The lowest BCUT2D eigenvalue weighted by molar-refractivity contribution is -0.127. The summed E-state index contributed by atoms with van der Waals surface area (Å²) >= 11 is 0. The Bertz CT molecular complexity index is 1090. The molecule has 0 aromatic heterocycles. The number of aryl methyl sites for hydroxylation is 1. The van der Waals surface area contributed by atoms with Crippen LogP contribution in [-0.4, -0.2) is 34.6 Å². The van der Waals surface area contributed by atoms with Crippen LogP contribution >= 0.6 is 0 Å². The fraction of sp³-hybridized carbons (Fsp3) is 0.435. The highest BCUT2D eigenvalue weighted by atomic mass is 32.2. The zero-order valence-corrected chi connectivity index (χ0v) is 19.7. The van der Waals surface area contributed by atoms with E-state index >= 15 is 0 Å². The summed E-state index contributed by atoms with van der Waals surface area (Å²) in [6, 6.07) is 9.69. The number of ether oxygens (including phenoxy) is 2. The number of carbonyl (C=O) groups excluding carboxylic acids is 1. The summed E-state index contributed by atoms with van der Waals surface area (Å²) in [6.07, 6.45) is 0. The van der Waals surface area contributed by atoms with Crippen LogP contribution in [0, 0.1) is 18.3 Å². The number of methoxy groups -OCH3 is 1. The number of nitrogens with zero attached hydrogens (tertiary/aromatic N) is 1. The Morgan fingerprint density at radius 1 is 1.19 bits per heavy atom. The molecule has 2 aromatic carbocycles. The number of sulfonamides is 1. The molecule has 0 saturated heterocycles. The predicted molar refractivity (Wildman–Crippen MR) is 121 cm³/mol. The zero-order chi connectivity index (χ0) is 23.0. The second-order valence-corrected chi connectivity index (χ2v) is 10.6. The number of nitrogens with one attached hydrogen (secondary N) is 1. The van der Waals surface area contributed by atoms with Crippen molar-refractivity contribution >= 4 is 27.3 Å². The van der Waals surface area contributed by atoms with Gasteiger partial charge in [-0.2, -0.15) is 0 Å². The normalized spacial score (nSPS) is 15.8. The van der Waals surface area contributed by atoms with Crippen molar-refractivity contribution in [3.05, 3.63) is 42.0 Å². The average Bonchev–Trinajstić information content (AvgIpc) is 2.77. The zero-order valence-electron chi connectivity index (χ0n) is 18.9. The summed E-state index contributed by atoms with van der Waals surface area (Å²) in [5.41, 5.74) is 0.956. The first-order valence-electron chi connectivity index (χ1n) is 10.2. The first-order valence-corrected chi connectivity index (χ1v) is 11.7. The van der Waals surface area contributed by atoms with Crippen LogP contribution < -0.4 is 19.1 Å². The lowest BCUT2D eigenvalue weighted by atomic mass is 9.92. The lowest BCUT2D eigenvalue weighted by Crippen LogP contribution is -2.43. The van der Waals surface area contributed by atoms with Crippen molar-refractivity contribution in [2.24, 2.45) is 11.3 Å². The molecule has 8 heteroatoms. The van der Waals surface area contributed by atoms with Crippen molar-refractivity contribution in [2.45, 2.75) is 39.5 Å². The molecule has 2 aromatic rings. The lowest BCUT2D eigenvalue weighted by Gasteiger charge is -2.29. The molecule has 0 aliphatic carbocycles. The Balaban J connectivity index is 1.98. The summed E-state index contributed by atoms with van der Waals surface area (Å²) in [6.45, 7) is 10.3. The van der Waals surface area contributed by atoms with Crippen molar-refractivity contribution < 1.29 is 22.7 Å². The molecule has 3 rings (SSSR count). The predicted octanol–water partition coefficient (Wildman–Crippen LogP) is 4.21. The van der Waals surface area contributed by atoms with Crippen LogP contribution in [-0.2, 0) is 14.8 Å². The molecule has 1 N–H and O–H groups in total. The SMILES string of the molecule is COc1ccc(S(=O)(=O)Nc2ccc3c(c2)N(CC(C)C)C(=O)C(C)(C)CO3)cc1C. The second-order valence-electron chi connectivity index (χ2n) is 8.90. The number of fused-ring (bicyclic) bond motifs is 1. The highest BCUT2D eigenvalue weighted by Gasteiger charge is 2.38. The van der Waals surface area contributed by atoms with Gasteiger partial charge in [-0.25, -0.2) is 8.42 Å². The molecule has 168 valence electrons. The number of amides is 1. The number of carbonyl (C=O) groups is 1. The molecule has 1 amide bonds. The van der Waals surface area contributed by atoms with Gasteiger partial charge in [0.05, 0.1) is 28.8 Å². The van der Waals surface area contributed by atoms with Crippen molar-refractivity contribution in [2.75, 3.05) is 29.9 Å². The third kappa shape index (κ3) is 4.79. The van der Waals surface area contributed by atoms with E-state index in [1.54, 1.807) is 42.2 Å². The molecule has 1 aliphatic rings. The average molecular weight is 447 g/mol. The first-order chi connectivity index (χ1) is 14.4. The van der Waals surface area contributed by atoms with Gasteiger partial charge in [0, 0.05) is 6.54 Å². The third-order valence-electron chi connectivity index (χ3n) is 5.14. The van der Waals surface area contributed by atoms with Crippen LogP contribution in [0.25, 0.3) is 0 Å². The fourth-order valence-corrected chi connectivity index (χ4v) is 4.62. The van der Waals surface area contributed by atoms with Gasteiger partial charge < -0.3 is 14.4 Å². The highest BCUT2D eigenvalue weighted by Crippen LogP contribution is 2.39. The molecule has 0 spiro atoms. The van der Waals surface area contributed by atoms with Crippen molar-refractivity contribution in [3.63, 3.8) is 0 Å². The van der Waals surface area contributed by atoms with Gasteiger partial charge in [-0.05, 0) is 68.7 Å². The van der Waals surface area contributed by atoms with Gasteiger partial charge in [0.2, 0.25) is 5.91 Å². The summed E-state index contributed by atoms with van der Waals surface area (Å²) in [5, 5.41) is 0. The maximum Gasteiger partial charge on any atom is 0.261 e. The van der Waals surface area contributed by atoms with Gasteiger partial charge in [0.15, 0.2) is 0 Å². The molecular weight excluding hydrogens is 416 g/mol. The van der Waals surface area contributed by atoms with E-state index in [4.69, 9.17) is 9.47 Å². The van der Waals surface area contributed by atoms with Gasteiger partial charge in [-0.1, -0.05) is 13.8 Å². The molecule has 0 radical (unpaired) electrons. The second kappa shape index (κ2) is 8.42. The van der Waals surface area contributed by atoms with Gasteiger partial charge in [-0.3, -0.25) is 9.52 Å². The summed E-state index contributed by atoms with van der Waals surface area (Å²) < 4.78 is 39.6. The molecule has 0 fully saturated rings. The largest absolute Gasteiger partial charge is 0.496 e. The molecule has 0 saturated carbocycles. The first kappa shape index (κ1) is 22.9. The molecule has 1 heterocycles. The number of anilines is 2. The Kier molecular flexibility index (Phi) is 6.23. The molecule has 0 unspecified atom stereocenters. The van der Waals surface area contributed by atoms with Crippen LogP contribution in [0.2, 0.25) is 0 Å². The van der Waals surface area contributed by atoms with E-state index in [1.807, 2.05) is 27.7 Å². The minimum absolute atomic E-state index is 0.0502. The van der Waals surface area contributed by atoms with Crippen molar-refractivity contribution in [1.29, 1.82) is 0 Å². The smallest absolute Gasteiger partial charge is 0.261 e. The number of benzene rings is 2. The Hall–Kier alpha value is -2.74. The van der Waals surface area contributed by atoms with Crippen LogP contribution in [0.5, 0.6) is 11.5 Å². The van der Waals surface area contributed by atoms with E-state index in [0.29, 0.717) is 29.4 Å². The van der Waals surface area contributed by atoms with E-state index in [1.165, 1.54) is 13.2 Å². The number of rotatable bonds is 6. The molecule has 0 bridgehead atoms. The van der Waals surface area contributed by atoms with Crippen LogP contribution in [0.3, 0.4) is 0 Å². The van der Waals surface area contributed by atoms with Gasteiger partial charge in [0.25, 0.3) is 10.0 Å². The minimum Gasteiger partial charge on any atom is -0.496 e. The standard InChI is InChI=1S/C23H30N2O5S/c1-15(2)13-25-19-12-17(7-9-21(19)30-14-23(4,5)22(25)26)24-31(27,28)18-8-10-20(29-6)16(3)11-18/h7-12,15,24H,13-14H2,1-6H3.